The van der Waals surface area contributed by atoms with Gasteiger partial charge in [-0.05, 0) is 55.3 Å². The molecular formula is C22H24N2O7S2. The number of sulfone groups is 1. The topological polar surface area (TPSA) is 136 Å². The van der Waals surface area contributed by atoms with E-state index < -0.39 is 37.8 Å². The summed E-state index contributed by atoms with van der Waals surface area (Å²) in [7, 11) is -7.22. The first-order valence-electron chi connectivity index (χ1n) is 10.2. The van der Waals surface area contributed by atoms with Crippen LogP contribution in [0.15, 0.2) is 59.5 Å². The van der Waals surface area contributed by atoms with Crippen LogP contribution in [0.4, 0.5) is 5.69 Å². The molecule has 33 heavy (non-hydrogen) atoms. The van der Waals surface area contributed by atoms with Gasteiger partial charge in [0.1, 0.15) is 0 Å². The first kappa shape index (κ1) is 24.6. The number of benzene rings is 2. The molecule has 0 spiro atoms. The standard InChI is InChI=1S/C22H24N2O7S2/c1-2-31-21(25)11-8-16-6-9-18(10-7-16)23-22(26)17-4-3-5-20(14-17)33(29,30)24-19-12-13-32(27,28)15-19/h3-11,14,19,24H,2,12-13,15H2,1H3,(H,23,26)/b11-8+. The van der Waals surface area contributed by atoms with E-state index in [2.05, 4.69) is 10.0 Å². The molecule has 1 aliphatic rings. The highest BCUT2D eigenvalue weighted by atomic mass is 32.2. The molecule has 2 aromatic rings. The zero-order valence-electron chi connectivity index (χ0n) is 17.9. The molecule has 9 nitrogen and oxygen atoms in total. The third-order valence-corrected chi connectivity index (χ3v) is 8.11. The van der Waals surface area contributed by atoms with Crippen LogP contribution in [0.1, 0.15) is 29.3 Å². The van der Waals surface area contributed by atoms with Crippen molar-refractivity contribution in [1.82, 2.24) is 4.72 Å². The molecule has 1 fully saturated rings. The summed E-state index contributed by atoms with van der Waals surface area (Å²) in [4.78, 5) is 23.9. The van der Waals surface area contributed by atoms with E-state index in [4.69, 9.17) is 4.74 Å². The number of nitrogens with one attached hydrogen (secondary N) is 2. The van der Waals surface area contributed by atoms with E-state index >= 15 is 0 Å². The lowest BCUT2D eigenvalue weighted by Crippen LogP contribution is -2.35. The van der Waals surface area contributed by atoms with Crippen LogP contribution in [0.25, 0.3) is 6.08 Å². The van der Waals surface area contributed by atoms with Gasteiger partial charge in [-0.25, -0.2) is 26.4 Å². The van der Waals surface area contributed by atoms with Gasteiger partial charge in [-0.2, -0.15) is 0 Å². The van der Waals surface area contributed by atoms with Crippen LogP contribution in [-0.2, 0) is 29.4 Å². The first-order chi connectivity index (χ1) is 15.6. The molecular weight excluding hydrogens is 468 g/mol. The summed E-state index contributed by atoms with van der Waals surface area (Å²) in [5, 5.41) is 2.68. The van der Waals surface area contributed by atoms with E-state index in [9.17, 15) is 26.4 Å². The summed E-state index contributed by atoms with van der Waals surface area (Å²) in [6.45, 7) is 2.00. The van der Waals surface area contributed by atoms with Crippen molar-refractivity contribution in [3.8, 4) is 0 Å². The second-order valence-electron chi connectivity index (χ2n) is 7.41. The summed E-state index contributed by atoms with van der Waals surface area (Å²) in [5.41, 5.74) is 1.34. The maximum absolute atomic E-state index is 12.6. The average molecular weight is 493 g/mol. The van der Waals surface area contributed by atoms with Gasteiger partial charge in [0.25, 0.3) is 5.91 Å². The van der Waals surface area contributed by atoms with Crippen molar-refractivity contribution >= 4 is 43.5 Å². The Bertz CT molecular complexity index is 1270. The number of amides is 1. The molecule has 1 unspecified atom stereocenters. The fourth-order valence-corrected chi connectivity index (χ4v) is 6.31. The molecule has 0 aromatic heterocycles. The smallest absolute Gasteiger partial charge is 0.330 e. The summed E-state index contributed by atoms with van der Waals surface area (Å²) in [5.74, 6) is -1.25. The van der Waals surface area contributed by atoms with Crippen molar-refractivity contribution < 1.29 is 31.2 Å². The number of hydrogen-bond acceptors (Lipinski definition) is 7. The zero-order valence-corrected chi connectivity index (χ0v) is 19.5. The Balaban J connectivity index is 1.66. The molecule has 2 N–H and O–H groups in total. The van der Waals surface area contributed by atoms with Crippen LogP contribution >= 0.6 is 0 Å². The first-order valence-corrected chi connectivity index (χ1v) is 13.5. The van der Waals surface area contributed by atoms with E-state index in [0.29, 0.717) is 5.69 Å². The van der Waals surface area contributed by atoms with Gasteiger partial charge in [-0.1, -0.05) is 18.2 Å². The van der Waals surface area contributed by atoms with Gasteiger partial charge >= 0.3 is 5.97 Å². The third-order valence-electron chi connectivity index (χ3n) is 4.83. The Morgan fingerprint density at radius 1 is 1.15 bits per heavy atom. The Morgan fingerprint density at radius 3 is 2.52 bits per heavy atom. The largest absolute Gasteiger partial charge is 0.463 e. The Hall–Kier alpha value is -3.02. The molecule has 1 atom stereocenters. The minimum atomic E-state index is -3.99. The number of carbonyl (C=O) groups excluding carboxylic acids is 2. The second kappa shape index (κ2) is 10.3. The molecule has 0 aliphatic carbocycles. The quantitative estimate of drug-likeness (QED) is 0.425. The summed E-state index contributed by atoms with van der Waals surface area (Å²) >= 11 is 0. The van der Waals surface area contributed by atoms with Crippen molar-refractivity contribution in [1.29, 1.82) is 0 Å². The SMILES string of the molecule is CCOC(=O)/C=C/c1ccc(NC(=O)c2cccc(S(=O)(=O)NC3CCS(=O)(=O)C3)c2)cc1. The molecule has 3 rings (SSSR count). The van der Waals surface area contributed by atoms with Gasteiger partial charge in [0.2, 0.25) is 10.0 Å². The van der Waals surface area contributed by atoms with Crippen molar-refractivity contribution in [3.63, 3.8) is 0 Å². The fourth-order valence-electron chi connectivity index (χ4n) is 3.22. The number of anilines is 1. The number of sulfonamides is 1. The van der Waals surface area contributed by atoms with Gasteiger partial charge in [-0.3, -0.25) is 4.79 Å². The molecule has 1 amide bonds. The Kier molecular flexibility index (Phi) is 7.67. The maximum Gasteiger partial charge on any atom is 0.330 e. The minimum Gasteiger partial charge on any atom is -0.463 e. The highest BCUT2D eigenvalue weighted by Gasteiger charge is 2.31. The molecule has 1 heterocycles. The van der Waals surface area contributed by atoms with Crippen LogP contribution in [0.3, 0.4) is 0 Å². The van der Waals surface area contributed by atoms with E-state index in [-0.39, 0.29) is 35.0 Å². The molecule has 176 valence electrons. The third kappa shape index (κ3) is 6.98. The molecule has 0 saturated carbocycles. The molecule has 0 radical (unpaired) electrons. The molecule has 0 bridgehead atoms. The van der Waals surface area contributed by atoms with Gasteiger partial charge in [0, 0.05) is 23.4 Å². The van der Waals surface area contributed by atoms with Crippen LogP contribution in [0.5, 0.6) is 0 Å². The average Bonchev–Trinajstić information content (AvgIpc) is 3.11. The van der Waals surface area contributed by atoms with Crippen LogP contribution in [0, 0.1) is 0 Å². The van der Waals surface area contributed by atoms with Crippen LogP contribution in [-0.4, -0.2) is 52.9 Å². The van der Waals surface area contributed by atoms with Crippen molar-refractivity contribution in [2.24, 2.45) is 0 Å². The number of ether oxygens (including phenoxy) is 1. The van der Waals surface area contributed by atoms with Crippen molar-refractivity contribution in [2.75, 3.05) is 23.4 Å². The van der Waals surface area contributed by atoms with E-state index in [1.807, 2.05) is 0 Å². The predicted molar refractivity (Wildman–Crippen MR) is 124 cm³/mol. The second-order valence-corrected chi connectivity index (χ2v) is 11.4. The number of rotatable bonds is 8. The summed E-state index contributed by atoms with van der Waals surface area (Å²) in [6, 6.07) is 11.5. The minimum absolute atomic E-state index is 0.0555. The monoisotopic (exact) mass is 492 g/mol. The van der Waals surface area contributed by atoms with E-state index in [0.717, 1.165) is 5.56 Å². The van der Waals surface area contributed by atoms with Crippen LogP contribution in [0.2, 0.25) is 0 Å². The Labute approximate surface area is 192 Å². The van der Waals surface area contributed by atoms with Crippen LogP contribution < -0.4 is 10.0 Å². The normalized spacial score (nSPS) is 17.7. The predicted octanol–water partition coefficient (Wildman–Crippen LogP) is 1.98. The van der Waals surface area contributed by atoms with Gasteiger partial charge in [0.15, 0.2) is 9.84 Å². The number of hydrogen-bond donors (Lipinski definition) is 2. The molecule has 2 aromatic carbocycles. The van der Waals surface area contributed by atoms with E-state index in [1.165, 1.54) is 30.3 Å². The van der Waals surface area contributed by atoms with Gasteiger partial charge < -0.3 is 10.1 Å². The van der Waals surface area contributed by atoms with Gasteiger partial charge in [-0.15, -0.1) is 0 Å². The fraction of sp³-hybridized carbons (Fsp3) is 0.273. The van der Waals surface area contributed by atoms with Crippen molar-refractivity contribution in [2.45, 2.75) is 24.3 Å². The molecule has 1 aliphatic heterocycles. The Morgan fingerprint density at radius 2 is 1.88 bits per heavy atom. The lowest BCUT2D eigenvalue weighted by atomic mass is 10.1. The maximum atomic E-state index is 12.6. The lowest BCUT2D eigenvalue weighted by molar-refractivity contribution is -0.137. The molecule has 1 saturated heterocycles. The van der Waals surface area contributed by atoms with Crippen molar-refractivity contribution in [3.05, 3.63) is 65.7 Å². The zero-order chi connectivity index (χ0) is 24.1. The summed E-state index contributed by atoms with van der Waals surface area (Å²) in [6.07, 6.45) is 3.10. The molecule has 11 heteroatoms. The number of carbonyl (C=O) groups is 2. The highest BCUT2D eigenvalue weighted by molar-refractivity contribution is 7.92. The van der Waals surface area contributed by atoms with Gasteiger partial charge in [0.05, 0.1) is 23.0 Å². The highest BCUT2D eigenvalue weighted by Crippen LogP contribution is 2.18. The summed E-state index contributed by atoms with van der Waals surface area (Å²) < 4.78 is 55.7. The van der Waals surface area contributed by atoms with E-state index in [1.54, 1.807) is 37.3 Å². The lowest BCUT2D eigenvalue weighted by Gasteiger charge is -2.12. The number of esters is 1.